The van der Waals surface area contributed by atoms with Crippen molar-refractivity contribution in [2.45, 2.75) is 27.2 Å². The van der Waals surface area contributed by atoms with Gasteiger partial charge < -0.3 is 4.74 Å². The van der Waals surface area contributed by atoms with Gasteiger partial charge >= 0.3 is 5.97 Å². The van der Waals surface area contributed by atoms with Crippen LogP contribution in [0.4, 0.5) is 0 Å². The molecule has 0 N–H and O–H groups in total. The van der Waals surface area contributed by atoms with Gasteiger partial charge in [0.1, 0.15) is 0 Å². The minimum atomic E-state index is -0.125. The van der Waals surface area contributed by atoms with Crippen LogP contribution in [0.25, 0.3) is 11.3 Å². The highest BCUT2D eigenvalue weighted by molar-refractivity contribution is 7.09. The minimum absolute atomic E-state index is 0.121. The molecule has 0 spiro atoms. The second-order valence-corrected chi connectivity index (χ2v) is 6.24. The van der Waals surface area contributed by atoms with Gasteiger partial charge in [-0.2, -0.15) is 0 Å². The Morgan fingerprint density at radius 3 is 2.62 bits per heavy atom. The highest BCUT2D eigenvalue weighted by Crippen LogP contribution is 2.25. The first kappa shape index (κ1) is 15.7. The van der Waals surface area contributed by atoms with Crippen LogP contribution >= 0.6 is 11.3 Å². The van der Waals surface area contributed by atoms with E-state index in [9.17, 15) is 4.79 Å². The zero-order valence-electron chi connectivity index (χ0n) is 12.7. The number of benzene rings is 1. The van der Waals surface area contributed by atoms with Gasteiger partial charge in [0.15, 0.2) is 0 Å². The van der Waals surface area contributed by atoms with Crippen molar-refractivity contribution in [1.29, 1.82) is 0 Å². The first-order valence-corrected chi connectivity index (χ1v) is 8.16. The van der Waals surface area contributed by atoms with E-state index < -0.39 is 0 Å². The Labute approximate surface area is 130 Å². The number of rotatable bonds is 6. The molecule has 0 amide bonds. The lowest BCUT2D eigenvalue weighted by Gasteiger charge is -2.17. The Hall–Kier alpha value is -1.68. The van der Waals surface area contributed by atoms with Crippen molar-refractivity contribution in [3.8, 4) is 11.3 Å². The number of thiazole rings is 1. The van der Waals surface area contributed by atoms with E-state index in [0.29, 0.717) is 13.0 Å². The average molecular weight is 303 g/mol. The summed E-state index contributed by atoms with van der Waals surface area (Å²) in [5.74, 6) is -0.00295. The Bertz CT molecular complexity index is 577. The number of nitrogens with zero attached hydrogens (tertiary/aromatic N) is 1. The summed E-state index contributed by atoms with van der Waals surface area (Å²) in [5, 5.41) is 3.04. The summed E-state index contributed by atoms with van der Waals surface area (Å²) in [7, 11) is 0. The van der Waals surface area contributed by atoms with Crippen molar-refractivity contribution < 1.29 is 9.53 Å². The fourth-order valence-corrected chi connectivity index (χ4v) is 3.04. The zero-order valence-corrected chi connectivity index (χ0v) is 13.5. The van der Waals surface area contributed by atoms with Gasteiger partial charge in [0.2, 0.25) is 0 Å². The summed E-state index contributed by atoms with van der Waals surface area (Å²) in [5.41, 5.74) is 2.08. The highest BCUT2D eigenvalue weighted by atomic mass is 32.1. The molecule has 3 nitrogen and oxygen atoms in total. The molecule has 1 heterocycles. The summed E-state index contributed by atoms with van der Waals surface area (Å²) in [6, 6.07) is 10.1. The van der Waals surface area contributed by atoms with E-state index >= 15 is 0 Å². The number of ether oxygens (including phenoxy) is 1. The third-order valence-electron chi connectivity index (χ3n) is 3.41. The number of esters is 1. The Morgan fingerprint density at radius 2 is 2.00 bits per heavy atom. The van der Waals surface area contributed by atoms with Crippen LogP contribution in [-0.2, 0) is 16.0 Å². The van der Waals surface area contributed by atoms with Gasteiger partial charge in [-0.25, -0.2) is 4.98 Å². The molecule has 1 unspecified atom stereocenters. The first-order valence-electron chi connectivity index (χ1n) is 7.28. The second kappa shape index (κ2) is 7.36. The molecule has 0 saturated heterocycles. The fraction of sp³-hybridized carbons (Fsp3) is 0.412. The van der Waals surface area contributed by atoms with Gasteiger partial charge in [-0.05, 0) is 12.8 Å². The lowest BCUT2D eigenvalue weighted by Crippen LogP contribution is -2.25. The average Bonchev–Trinajstić information content (AvgIpc) is 2.94. The van der Waals surface area contributed by atoms with Crippen molar-refractivity contribution >= 4 is 17.3 Å². The van der Waals surface area contributed by atoms with Crippen LogP contribution in [0, 0.1) is 11.8 Å². The smallest absolute Gasteiger partial charge is 0.309 e. The summed E-state index contributed by atoms with van der Waals surface area (Å²) in [4.78, 5) is 16.7. The molecule has 4 heteroatoms. The monoisotopic (exact) mass is 303 g/mol. The predicted molar refractivity (Wildman–Crippen MR) is 86.2 cm³/mol. The van der Waals surface area contributed by atoms with Crippen molar-refractivity contribution in [1.82, 2.24) is 4.98 Å². The summed E-state index contributed by atoms with van der Waals surface area (Å²) < 4.78 is 5.17. The second-order valence-electron chi connectivity index (χ2n) is 5.30. The SMILES string of the molecule is CCOC(=O)C(Cc1nc(-c2ccccc2)cs1)C(C)C. The normalized spacial score (nSPS) is 12.4. The molecule has 2 aromatic rings. The van der Waals surface area contributed by atoms with E-state index in [0.717, 1.165) is 16.3 Å². The van der Waals surface area contributed by atoms with Gasteiger partial charge in [0.05, 0.1) is 23.2 Å². The molecular weight excluding hydrogens is 282 g/mol. The van der Waals surface area contributed by atoms with Gasteiger partial charge in [-0.1, -0.05) is 44.2 Å². The van der Waals surface area contributed by atoms with E-state index in [2.05, 4.69) is 4.98 Å². The van der Waals surface area contributed by atoms with E-state index in [1.165, 1.54) is 0 Å². The third kappa shape index (κ3) is 4.14. The van der Waals surface area contributed by atoms with Crippen LogP contribution in [0.15, 0.2) is 35.7 Å². The maximum absolute atomic E-state index is 12.0. The van der Waals surface area contributed by atoms with Crippen LogP contribution in [0.3, 0.4) is 0 Å². The number of aromatic nitrogens is 1. The van der Waals surface area contributed by atoms with Crippen LogP contribution < -0.4 is 0 Å². The quantitative estimate of drug-likeness (QED) is 0.751. The van der Waals surface area contributed by atoms with Crippen molar-refractivity contribution in [2.75, 3.05) is 6.61 Å². The van der Waals surface area contributed by atoms with Gasteiger partial charge in [-0.3, -0.25) is 4.79 Å². The lowest BCUT2D eigenvalue weighted by molar-refractivity contribution is -0.149. The molecule has 0 radical (unpaired) electrons. The molecule has 0 aliphatic heterocycles. The molecule has 112 valence electrons. The van der Waals surface area contributed by atoms with Crippen LogP contribution in [0.5, 0.6) is 0 Å². The maximum Gasteiger partial charge on any atom is 0.309 e. The number of carbonyl (C=O) groups excluding carboxylic acids is 1. The molecule has 0 aliphatic carbocycles. The van der Waals surface area contributed by atoms with Gasteiger partial charge in [0, 0.05) is 17.4 Å². The van der Waals surface area contributed by atoms with Crippen LogP contribution in [0.1, 0.15) is 25.8 Å². The predicted octanol–water partition coefficient (Wildman–Crippen LogP) is 4.19. The topological polar surface area (TPSA) is 39.2 Å². The van der Waals surface area contributed by atoms with Crippen molar-refractivity contribution in [2.24, 2.45) is 11.8 Å². The first-order chi connectivity index (χ1) is 10.1. The molecular formula is C17H21NO2S. The van der Waals surface area contributed by atoms with Crippen LogP contribution in [-0.4, -0.2) is 17.6 Å². The Kier molecular flexibility index (Phi) is 5.51. The largest absolute Gasteiger partial charge is 0.466 e. The minimum Gasteiger partial charge on any atom is -0.466 e. The molecule has 1 aromatic carbocycles. The summed E-state index contributed by atoms with van der Waals surface area (Å²) >= 11 is 1.61. The van der Waals surface area contributed by atoms with Crippen LogP contribution in [0.2, 0.25) is 0 Å². The molecule has 0 aliphatic rings. The zero-order chi connectivity index (χ0) is 15.2. The number of hydrogen-bond donors (Lipinski definition) is 0. The van der Waals surface area contributed by atoms with E-state index in [-0.39, 0.29) is 17.8 Å². The highest BCUT2D eigenvalue weighted by Gasteiger charge is 2.25. The van der Waals surface area contributed by atoms with Crippen molar-refractivity contribution in [3.05, 3.63) is 40.7 Å². The molecule has 21 heavy (non-hydrogen) atoms. The molecule has 0 fully saturated rings. The summed E-state index contributed by atoms with van der Waals surface area (Å²) in [6.45, 7) is 6.36. The molecule has 1 atom stereocenters. The summed E-state index contributed by atoms with van der Waals surface area (Å²) in [6.07, 6.45) is 0.647. The molecule has 0 saturated carbocycles. The maximum atomic E-state index is 12.0. The van der Waals surface area contributed by atoms with E-state index in [4.69, 9.17) is 4.74 Å². The standard InChI is InChI=1S/C17H21NO2S/c1-4-20-17(19)14(12(2)3)10-16-18-15(11-21-16)13-8-6-5-7-9-13/h5-9,11-12,14H,4,10H2,1-3H3. The molecule has 0 bridgehead atoms. The van der Waals surface area contributed by atoms with E-state index in [1.807, 2.05) is 56.5 Å². The lowest BCUT2D eigenvalue weighted by atomic mass is 9.93. The van der Waals surface area contributed by atoms with Crippen molar-refractivity contribution in [3.63, 3.8) is 0 Å². The van der Waals surface area contributed by atoms with Gasteiger partial charge in [0.25, 0.3) is 0 Å². The Balaban J connectivity index is 2.12. The molecule has 2 rings (SSSR count). The number of carbonyl (C=O) groups is 1. The van der Waals surface area contributed by atoms with E-state index in [1.54, 1.807) is 11.3 Å². The number of hydrogen-bond acceptors (Lipinski definition) is 4. The molecule has 1 aromatic heterocycles. The third-order valence-corrected chi connectivity index (χ3v) is 4.28. The van der Waals surface area contributed by atoms with Gasteiger partial charge in [-0.15, -0.1) is 11.3 Å². The Morgan fingerprint density at radius 1 is 1.29 bits per heavy atom. The fourth-order valence-electron chi connectivity index (χ4n) is 2.17.